The van der Waals surface area contributed by atoms with Gasteiger partial charge in [0.25, 0.3) is 0 Å². The van der Waals surface area contributed by atoms with E-state index in [0.717, 1.165) is 19.4 Å². The zero-order valence-electron chi connectivity index (χ0n) is 8.32. The van der Waals surface area contributed by atoms with Gasteiger partial charge in [-0.15, -0.1) is 0 Å². The molecule has 0 aromatic rings. The van der Waals surface area contributed by atoms with Gasteiger partial charge >= 0.3 is 6.09 Å². The van der Waals surface area contributed by atoms with Crippen molar-refractivity contribution in [1.82, 2.24) is 4.90 Å². The maximum Gasteiger partial charge on any atom is 0.410 e. The lowest BCUT2D eigenvalue weighted by molar-refractivity contribution is 0.0741. The van der Waals surface area contributed by atoms with Gasteiger partial charge in [0, 0.05) is 19.1 Å². The molecule has 0 saturated carbocycles. The van der Waals surface area contributed by atoms with Crippen molar-refractivity contribution in [3.05, 3.63) is 0 Å². The Morgan fingerprint density at radius 2 is 2.38 bits per heavy atom. The summed E-state index contributed by atoms with van der Waals surface area (Å²) in [4.78, 5) is 13.2. The summed E-state index contributed by atoms with van der Waals surface area (Å²) in [6.07, 6.45) is 1.77. The summed E-state index contributed by atoms with van der Waals surface area (Å²) in [5.41, 5.74) is 5.54. The summed E-state index contributed by atoms with van der Waals surface area (Å²) in [5.74, 6) is 0. The molecule has 0 spiro atoms. The van der Waals surface area contributed by atoms with Crippen LogP contribution in [0.15, 0.2) is 0 Å². The summed E-state index contributed by atoms with van der Waals surface area (Å²) in [6, 6.07) is 0.186. The number of nitrogens with two attached hydrogens (primary N) is 1. The van der Waals surface area contributed by atoms with Crippen molar-refractivity contribution >= 4 is 6.09 Å². The predicted octanol–water partition coefficient (Wildman–Crippen LogP) is 0.954. The van der Waals surface area contributed by atoms with Crippen LogP contribution in [0.4, 0.5) is 4.79 Å². The molecule has 1 atom stereocenters. The molecule has 76 valence electrons. The van der Waals surface area contributed by atoms with Gasteiger partial charge in [-0.1, -0.05) is 0 Å². The maximum absolute atomic E-state index is 11.5. The Morgan fingerprint density at radius 3 is 2.92 bits per heavy atom. The standard InChI is InChI=1S/C9H18N2O2/c1-7(2)13-9(12)11-5-3-4-8(11)6-10/h7-8H,3-6,10H2,1-2H3. The first-order chi connectivity index (χ1) is 6.15. The van der Waals surface area contributed by atoms with E-state index in [-0.39, 0.29) is 18.2 Å². The van der Waals surface area contributed by atoms with Crippen molar-refractivity contribution in [1.29, 1.82) is 0 Å². The third-order valence-corrected chi connectivity index (χ3v) is 2.22. The Bertz CT molecular complexity index is 182. The van der Waals surface area contributed by atoms with E-state index in [1.165, 1.54) is 0 Å². The predicted molar refractivity (Wildman–Crippen MR) is 50.4 cm³/mol. The maximum atomic E-state index is 11.5. The fourth-order valence-electron chi connectivity index (χ4n) is 1.59. The smallest absolute Gasteiger partial charge is 0.410 e. The van der Waals surface area contributed by atoms with E-state index in [0.29, 0.717) is 6.54 Å². The van der Waals surface area contributed by atoms with E-state index in [2.05, 4.69) is 0 Å². The summed E-state index contributed by atoms with van der Waals surface area (Å²) in [5, 5.41) is 0. The van der Waals surface area contributed by atoms with Crippen molar-refractivity contribution in [3.63, 3.8) is 0 Å². The number of carbonyl (C=O) groups excluding carboxylic acids is 1. The molecule has 1 fully saturated rings. The minimum Gasteiger partial charge on any atom is -0.447 e. The van der Waals surface area contributed by atoms with E-state index in [1.807, 2.05) is 13.8 Å². The fourth-order valence-corrected chi connectivity index (χ4v) is 1.59. The highest BCUT2D eigenvalue weighted by Gasteiger charge is 2.28. The Morgan fingerprint density at radius 1 is 1.69 bits per heavy atom. The molecular formula is C9H18N2O2. The third-order valence-electron chi connectivity index (χ3n) is 2.22. The number of likely N-dealkylation sites (tertiary alicyclic amines) is 1. The average molecular weight is 186 g/mol. The highest BCUT2D eigenvalue weighted by Crippen LogP contribution is 2.17. The zero-order valence-corrected chi connectivity index (χ0v) is 8.32. The molecule has 0 bridgehead atoms. The SMILES string of the molecule is CC(C)OC(=O)N1CCCC1CN. The van der Waals surface area contributed by atoms with Gasteiger partial charge in [0.1, 0.15) is 0 Å². The Kier molecular flexibility index (Phi) is 3.54. The lowest BCUT2D eigenvalue weighted by Crippen LogP contribution is -2.41. The van der Waals surface area contributed by atoms with Gasteiger partial charge in [-0.05, 0) is 26.7 Å². The minimum atomic E-state index is -0.219. The van der Waals surface area contributed by atoms with Gasteiger partial charge in [-0.3, -0.25) is 0 Å². The van der Waals surface area contributed by atoms with Crippen LogP contribution in [0, 0.1) is 0 Å². The van der Waals surface area contributed by atoms with Crippen molar-refractivity contribution in [2.24, 2.45) is 5.73 Å². The van der Waals surface area contributed by atoms with Gasteiger partial charge in [-0.2, -0.15) is 0 Å². The van der Waals surface area contributed by atoms with E-state index in [9.17, 15) is 4.79 Å². The molecule has 1 amide bonds. The van der Waals surface area contributed by atoms with Crippen LogP contribution in [0.25, 0.3) is 0 Å². The van der Waals surface area contributed by atoms with Crippen molar-refractivity contribution < 1.29 is 9.53 Å². The first kappa shape index (κ1) is 10.3. The largest absolute Gasteiger partial charge is 0.447 e. The molecule has 4 nitrogen and oxygen atoms in total. The van der Waals surface area contributed by atoms with Crippen LogP contribution < -0.4 is 5.73 Å². The Hall–Kier alpha value is -0.770. The highest BCUT2D eigenvalue weighted by molar-refractivity contribution is 5.68. The Labute approximate surface area is 79.0 Å². The summed E-state index contributed by atoms with van der Waals surface area (Å²) in [7, 11) is 0. The molecule has 1 heterocycles. The monoisotopic (exact) mass is 186 g/mol. The second kappa shape index (κ2) is 4.46. The average Bonchev–Trinajstić information content (AvgIpc) is 2.49. The molecule has 13 heavy (non-hydrogen) atoms. The third kappa shape index (κ3) is 2.59. The van der Waals surface area contributed by atoms with Crippen molar-refractivity contribution in [2.45, 2.75) is 38.8 Å². The van der Waals surface area contributed by atoms with E-state index in [4.69, 9.17) is 10.5 Å². The quantitative estimate of drug-likeness (QED) is 0.698. The number of amides is 1. The zero-order chi connectivity index (χ0) is 9.84. The van der Waals surface area contributed by atoms with Crippen molar-refractivity contribution in [2.75, 3.05) is 13.1 Å². The molecule has 0 radical (unpaired) electrons. The minimum absolute atomic E-state index is 0.0495. The van der Waals surface area contributed by atoms with E-state index >= 15 is 0 Å². The molecule has 1 saturated heterocycles. The Balaban J connectivity index is 2.45. The lowest BCUT2D eigenvalue weighted by atomic mass is 10.2. The first-order valence-electron chi connectivity index (χ1n) is 4.82. The first-order valence-corrected chi connectivity index (χ1v) is 4.82. The molecular weight excluding hydrogens is 168 g/mol. The topological polar surface area (TPSA) is 55.6 Å². The molecule has 4 heteroatoms. The van der Waals surface area contributed by atoms with Crippen LogP contribution in [0.2, 0.25) is 0 Å². The number of ether oxygens (including phenoxy) is 1. The van der Waals surface area contributed by atoms with Crippen LogP contribution in [-0.4, -0.2) is 36.2 Å². The molecule has 2 N–H and O–H groups in total. The van der Waals surface area contributed by atoms with Gasteiger partial charge < -0.3 is 15.4 Å². The van der Waals surface area contributed by atoms with E-state index < -0.39 is 0 Å². The molecule has 0 aromatic heterocycles. The number of rotatable bonds is 2. The van der Waals surface area contributed by atoms with Crippen molar-refractivity contribution in [3.8, 4) is 0 Å². The molecule has 1 unspecified atom stereocenters. The molecule has 1 aliphatic heterocycles. The second-order valence-electron chi connectivity index (χ2n) is 3.66. The van der Waals surface area contributed by atoms with Crippen LogP contribution in [0.1, 0.15) is 26.7 Å². The van der Waals surface area contributed by atoms with Crippen LogP contribution in [0.3, 0.4) is 0 Å². The summed E-state index contributed by atoms with van der Waals surface area (Å²) >= 11 is 0. The molecule has 1 rings (SSSR count). The van der Waals surface area contributed by atoms with Gasteiger partial charge in [0.2, 0.25) is 0 Å². The second-order valence-corrected chi connectivity index (χ2v) is 3.66. The number of hydrogen-bond donors (Lipinski definition) is 1. The fraction of sp³-hybridized carbons (Fsp3) is 0.889. The molecule has 0 aromatic carbocycles. The number of carbonyl (C=O) groups is 1. The molecule has 1 aliphatic rings. The van der Waals surface area contributed by atoms with Gasteiger partial charge in [0.05, 0.1) is 6.10 Å². The summed E-state index contributed by atoms with van der Waals surface area (Å²) < 4.78 is 5.10. The number of nitrogens with zero attached hydrogens (tertiary/aromatic N) is 1. The molecule has 0 aliphatic carbocycles. The highest BCUT2D eigenvalue weighted by atomic mass is 16.6. The lowest BCUT2D eigenvalue weighted by Gasteiger charge is -2.23. The van der Waals surface area contributed by atoms with Crippen LogP contribution in [-0.2, 0) is 4.74 Å². The number of hydrogen-bond acceptors (Lipinski definition) is 3. The summed E-state index contributed by atoms with van der Waals surface area (Å²) in [6.45, 7) is 5.03. The van der Waals surface area contributed by atoms with Gasteiger partial charge in [0.15, 0.2) is 0 Å². The van der Waals surface area contributed by atoms with E-state index in [1.54, 1.807) is 4.90 Å². The van der Waals surface area contributed by atoms with Crippen LogP contribution in [0.5, 0.6) is 0 Å². The van der Waals surface area contributed by atoms with Gasteiger partial charge in [-0.25, -0.2) is 4.79 Å². The normalized spacial score (nSPS) is 22.5. The van der Waals surface area contributed by atoms with Crippen LogP contribution >= 0.6 is 0 Å².